The van der Waals surface area contributed by atoms with Crippen LogP contribution in [0.2, 0.25) is 0 Å². The first-order chi connectivity index (χ1) is 9.25. The lowest BCUT2D eigenvalue weighted by Crippen LogP contribution is -1.99. The number of nitrogen functional groups attached to an aromatic ring is 1. The van der Waals surface area contributed by atoms with Crippen molar-refractivity contribution in [1.29, 1.82) is 0 Å². The van der Waals surface area contributed by atoms with Crippen molar-refractivity contribution in [1.82, 2.24) is 4.98 Å². The van der Waals surface area contributed by atoms with Crippen molar-refractivity contribution in [2.75, 3.05) is 5.73 Å². The summed E-state index contributed by atoms with van der Waals surface area (Å²) in [5.41, 5.74) is 8.57. The predicted molar refractivity (Wildman–Crippen MR) is 77.0 cm³/mol. The molecule has 1 aromatic carbocycles. The van der Waals surface area contributed by atoms with Gasteiger partial charge in [0.05, 0.1) is 5.69 Å². The minimum Gasteiger partial charge on any atom is -0.507 e. The topological polar surface area (TPSA) is 59.1 Å². The summed E-state index contributed by atoms with van der Waals surface area (Å²) in [7, 11) is 0. The van der Waals surface area contributed by atoms with E-state index in [-0.39, 0.29) is 0 Å². The number of pyridine rings is 1. The maximum absolute atomic E-state index is 10.2. The highest BCUT2D eigenvalue weighted by atomic mass is 16.3. The largest absolute Gasteiger partial charge is 0.507 e. The van der Waals surface area contributed by atoms with Gasteiger partial charge in [-0.3, -0.25) is 0 Å². The molecule has 3 rings (SSSR count). The molecule has 1 saturated carbocycles. The van der Waals surface area contributed by atoms with Crippen molar-refractivity contribution in [3.05, 3.63) is 42.0 Å². The summed E-state index contributed by atoms with van der Waals surface area (Å²) in [6.45, 7) is 0. The van der Waals surface area contributed by atoms with E-state index in [4.69, 9.17) is 5.73 Å². The molecule has 0 spiro atoms. The Labute approximate surface area is 113 Å². The second kappa shape index (κ2) is 4.92. The van der Waals surface area contributed by atoms with Crippen molar-refractivity contribution in [3.63, 3.8) is 0 Å². The second-order valence-electron chi connectivity index (χ2n) is 5.17. The lowest BCUT2D eigenvalue weighted by Gasteiger charge is -2.16. The number of hydrogen-bond donors (Lipinski definition) is 2. The fourth-order valence-corrected chi connectivity index (χ4v) is 3.00. The molecule has 0 amide bonds. The molecule has 19 heavy (non-hydrogen) atoms. The molecule has 1 aromatic heterocycles. The van der Waals surface area contributed by atoms with E-state index in [1.165, 1.54) is 31.2 Å². The van der Waals surface area contributed by atoms with Gasteiger partial charge in [-0.05, 0) is 42.5 Å². The van der Waals surface area contributed by atoms with Crippen LogP contribution in [-0.4, -0.2) is 10.1 Å². The van der Waals surface area contributed by atoms with E-state index in [1.807, 2.05) is 18.2 Å². The van der Waals surface area contributed by atoms with E-state index in [0.29, 0.717) is 17.5 Å². The minimum atomic E-state index is 0.294. The Bertz CT molecular complexity index is 589. The smallest absolute Gasteiger partial charge is 0.125 e. The molecular weight excluding hydrogens is 236 g/mol. The first-order valence-electron chi connectivity index (χ1n) is 6.80. The number of nitrogens with two attached hydrogens (primary N) is 1. The quantitative estimate of drug-likeness (QED) is 0.859. The highest BCUT2D eigenvalue weighted by Gasteiger charge is 2.22. The maximum atomic E-state index is 10.2. The van der Waals surface area contributed by atoms with E-state index < -0.39 is 0 Å². The van der Waals surface area contributed by atoms with Gasteiger partial charge < -0.3 is 10.8 Å². The Morgan fingerprint density at radius 1 is 1.05 bits per heavy atom. The van der Waals surface area contributed by atoms with Gasteiger partial charge in [-0.15, -0.1) is 0 Å². The Morgan fingerprint density at radius 3 is 2.53 bits per heavy atom. The number of nitrogens with zero attached hydrogens (tertiary/aromatic N) is 1. The first kappa shape index (κ1) is 12.0. The van der Waals surface area contributed by atoms with Crippen molar-refractivity contribution < 1.29 is 5.11 Å². The third kappa shape index (κ3) is 2.28. The minimum absolute atomic E-state index is 0.294. The summed E-state index contributed by atoms with van der Waals surface area (Å²) >= 11 is 0. The van der Waals surface area contributed by atoms with Gasteiger partial charge in [-0.2, -0.15) is 0 Å². The molecule has 98 valence electrons. The molecule has 1 aliphatic carbocycles. The van der Waals surface area contributed by atoms with E-state index in [2.05, 4.69) is 11.1 Å². The van der Waals surface area contributed by atoms with Crippen LogP contribution in [0.25, 0.3) is 11.3 Å². The van der Waals surface area contributed by atoms with Crippen molar-refractivity contribution in [2.45, 2.75) is 31.6 Å². The van der Waals surface area contributed by atoms with E-state index >= 15 is 0 Å². The molecule has 3 nitrogen and oxygen atoms in total. The zero-order valence-electron chi connectivity index (χ0n) is 10.8. The molecule has 0 radical (unpaired) electrons. The predicted octanol–water partition coefficient (Wildman–Crippen LogP) is 3.69. The SMILES string of the molecule is Nc1cccc(-c2c(O)cccc2C2CCCC2)n1. The number of aromatic hydroxyl groups is 1. The molecule has 1 aliphatic rings. The molecule has 3 N–H and O–H groups in total. The van der Waals surface area contributed by atoms with Crippen LogP contribution < -0.4 is 5.73 Å². The molecule has 1 heterocycles. The first-order valence-corrected chi connectivity index (χ1v) is 6.80. The van der Waals surface area contributed by atoms with Crippen LogP contribution in [0.5, 0.6) is 5.75 Å². The molecule has 0 saturated heterocycles. The van der Waals surface area contributed by atoms with Gasteiger partial charge in [0.25, 0.3) is 0 Å². The number of phenolic OH excluding ortho intramolecular Hbond substituents is 1. The zero-order valence-corrected chi connectivity index (χ0v) is 10.8. The van der Waals surface area contributed by atoms with Gasteiger partial charge in [0.2, 0.25) is 0 Å². The molecule has 0 atom stereocenters. The lowest BCUT2D eigenvalue weighted by atomic mass is 9.90. The zero-order chi connectivity index (χ0) is 13.2. The number of anilines is 1. The number of benzene rings is 1. The normalized spacial score (nSPS) is 15.8. The average molecular weight is 254 g/mol. The van der Waals surface area contributed by atoms with Gasteiger partial charge >= 0.3 is 0 Å². The number of rotatable bonds is 2. The van der Waals surface area contributed by atoms with Crippen molar-refractivity contribution in [3.8, 4) is 17.0 Å². The molecule has 0 bridgehead atoms. The Morgan fingerprint density at radius 2 is 1.79 bits per heavy atom. The Hall–Kier alpha value is -2.03. The van der Waals surface area contributed by atoms with Crippen LogP contribution in [0.3, 0.4) is 0 Å². The van der Waals surface area contributed by atoms with Crippen molar-refractivity contribution in [2.24, 2.45) is 0 Å². The summed E-state index contributed by atoms with van der Waals surface area (Å²) in [4.78, 5) is 4.35. The van der Waals surface area contributed by atoms with Crippen LogP contribution >= 0.6 is 0 Å². The lowest BCUT2D eigenvalue weighted by molar-refractivity contribution is 0.475. The van der Waals surface area contributed by atoms with Gasteiger partial charge in [0.15, 0.2) is 0 Å². The van der Waals surface area contributed by atoms with Crippen molar-refractivity contribution >= 4 is 5.82 Å². The number of aromatic nitrogens is 1. The van der Waals surface area contributed by atoms with Crippen LogP contribution in [-0.2, 0) is 0 Å². The van der Waals surface area contributed by atoms with Crippen LogP contribution in [0.15, 0.2) is 36.4 Å². The van der Waals surface area contributed by atoms with E-state index in [0.717, 1.165) is 11.3 Å². The van der Waals surface area contributed by atoms with E-state index in [1.54, 1.807) is 12.1 Å². The average Bonchev–Trinajstić information content (AvgIpc) is 2.92. The molecule has 2 aromatic rings. The van der Waals surface area contributed by atoms with Crippen LogP contribution in [0.1, 0.15) is 37.2 Å². The maximum Gasteiger partial charge on any atom is 0.125 e. The fourth-order valence-electron chi connectivity index (χ4n) is 3.00. The second-order valence-corrected chi connectivity index (χ2v) is 5.17. The fraction of sp³-hybridized carbons (Fsp3) is 0.312. The summed E-state index contributed by atoms with van der Waals surface area (Å²) in [6, 6.07) is 11.3. The Balaban J connectivity index is 2.13. The molecular formula is C16H18N2O. The van der Waals surface area contributed by atoms with E-state index in [9.17, 15) is 5.11 Å². The standard InChI is InChI=1S/C16H18N2O/c17-15-10-4-8-13(18-15)16-12(7-3-9-14(16)19)11-5-1-2-6-11/h3-4,7-11,19H,1-2,5-6H2,(H2,17,18). The molecule has 0 unspecified atom stereocenters. The summed E-state index contributed by atoms with van der Waals surface area (Å²) < 4.78 is 0. The summed E-state index contributed by atoms with van der Waals surface area (Å²) in [5, 5.41) is 10.2. The summed E-state index contributed by atoms with van der Waals surface area (Å²) in [5.74, 6) is 1.31. The number of hydrogen-bond acceptors (Lipinski definition) is 3. The summed E-state index contributed by atoms with van der Waals surface area (Å²) in [6.07, 6.45) is 4.92. The Kier molecular flexibility index (Phi) is 3.11. The van der Waals surface area contributed by atoms with Gasteiger partial charge in [-0.1, -0.05) is 31.0 Å². The van der Waals surface area contributed by atoms with Crippen LogP contribution in [0.4, 0.5) is 5.82 Å². The third-order valence-electron chi connectivity index (χ3n) is 3.90. The monoisotopic (exact) mass is 254 g/mol. The molecule has 1 fully saturated rings. The highest BCUT2D eigenvalue weighted by Crippen LogP contribution is 2.42. The van der Waals surface area contributed by atoms with Gasteiger partial charge in [-0.25, -0.2) is 4.98 Å². The van der Waals surface area contributed by atoms with Gasteiger partial charge in [0, 0.05) is 5.56 Å². The number of phenols is 1. The van der Waals surface area contributed by atoms with Crippen LogP contribution in [0, 0.1) is 0 Å². The third-order valence-corrected chi connectivity index (χ3v) is 3.90. The molecule has 3 heteroatoms. The molecule has 0 aliphatic heterocycles. The van der Waals surface area contributed by atoms with Gasteiger partial charge in [0.1, 0.15) is 11.6 Å². The highest BCUT2D eigenvalue weighted by molar-refractivity contribution is 5.72.